The molecule has 1 fully saturated rings. The van der Waals surface area contributed by atoms with Crippen LogP contribution in [0.1, 0.15) is 30.0 Å². The molecule has 7 heteroatoms. The van der Waals surface area contributed by atoms with Crippen LogP contribution in [0.25, 0.3) is 0 Å². The summed E-state index contributed by atoms with van der Waals surface area (Å²) < 4.78 is 13.1. The van der Waals surface area contributed by atoms with Crippen LogP contribution in [0.3, 0.4) is 0 Å². The van der Waals surface area contributed by atoms with Gasteiger partial charge in [0.15, 0.2) is 0 Å². The number of carbonyl (C=O) groups excluding carboxylic acids is 2. The Morgan fingerprint density at radius 3 is 2.46 bits per heavy atom. The molecule has 0 aliphatic carbocycles. The molecule has 2 aromatic rings. The quantitative estimate of drug-likeness (QED) is 0.768. The lowest BCUT2D eigenvalue weighted by molar-refractivity contribution is -0.138. The Balaban J connectivity index is 1.65. The van der Waals surface area contributed by atoms with Crippen molar-refractivity contribution in [1.82, 2.24) is 10.2 Å². The molecular weight excluding hydrogens is 363 g/mol. The van der Waals surface area contributed by atoms with Crippen LogP contribution >= 0.6 is 0 Å². The fraction of sp³-hybridized carbons (Fsp3) is 0.286. The first-order chi connectivity index (χ1) is 13.4. The highest BCUT2D eigenvalue weighted by molar-refractivity contribution is 5.89. The van der Waals surface area contributed by atoms with Gasteiger partial charge >= 0.3 is 5.97 Å². The average Bonchev–Trinajstić information content (AvgIpc) is 3.03. The molecule has 1 aliphatic heterocycles. The first-order valence-corrected chi connectivity index (χ1v) is 9.01. The SMILES string of the molecule is O=C(O)C[C@@H](NC(=O)[C@H]1CC(=O)N(Cc2ccccc2)C1)c1ccc(F)cc1. The van der Waals surface area contributed by atoms with E-state index in [-0.39, 0.29) is 31.2 Å². The number of benzene rings is 2. The van der Waals surface area contributed by atoms with Crippen LogP contribution in [-0.4, -0.2) is 34.3 Å². The van der Waals surface area contributed by atoms with Crippen molar-refractivity contribution in [3.05, 3.63) is 71.5 Å². The zero-order valence-electron chi connectivity index (χ0n) is 15.2. The monoisotopic (exact) mass is 384 g/mol. The number of nitrogens with one attached hydrogen (secondary N) is 1. The van der Waals surface area contributed by atoms with Gasteiger partial charge in [-0.1, -0.05) is 42.5 Å². The first-order valence-electron chi connectivity index (χ1n) is 9.01. The van der Waals surface area contributed by atoms with E-state index < -0.39 is 23.7 Å². The molecule has 146 valence electrons. The Morgan fingerprint density at radius 1 is 1.14 bits per heavy atom. The molecule has 2 N–H and O–H groups in total. The number of carboxylic acid groups (broad SMARTS) is 1. The molecule has 1 heterocycles. The van der Waals surface area contributed by atoms with Crippen molar-refractivity contribution in [3.63, 3.8) is 0 Å². The van der Waals surface area contributed by atoms with Crippen molar-refractivity contribution in [1.29, 1.82) is 0 Å². The number of amides is 2. The summed E-state index contributed by atoms with van der Waals surface area (Å²) >= 11 is 0. The Hall–Kier alpha value is -3.22. The number of aliphatic carboxylic acids is 1. The summed E-state index contributed by atoms with van der Waals surface area (Å²) in [7, 11) is 0. The molecule has 3 rings (SSSR count). The average molecular weight is 384 g/mol. The third-order valence-corrected chi connectivity index (χ3v) is 4.77. The highest BCUT2D eigenvalue weighted by Crippen LogP contribution is 2.23. The molecule has 28 heavy (non-hydrogen) atoms. The van der Waals surface area contributed by atoms with Crippen molar-refractivity contribution in [2.45, 2.75) is 25.4 Å². The van der Waals surface area contributed by atoms with E-state index >= 15 is 0 Å². The van der Waals surface area contributed by atoms with Gasteiger partial charge in [0, 0.05) is 19.5 Å². The van der Waals surface area contributed by atoms with Gasteiger partial charge in [-0.25, -0.2) is 4.39 Å². The molecule has 2 atom stereocenters. The molecule has 1 saturated heterocycles. The fourth-order valence-electron chi connectivity index (χ4n) is 3.32. The van der Waals surface area contributed by atoms with Crippen LogP contribution in [0.15, 0.2) is 54.6 Å². The molecule has 6 nitrogen and oxygen atoms in total. The van der Waals surface area contributed by atoms with Gasteiger partial charge in [0.05, 0.1) is 18.4 Å². The maximum Gasteiger partial charge on any atom is 0.305 e. The van der Waals surface area contributed by atoms with E-state index in [0.717, 1.165) is 5.56 Å². The summed E-state index contributed by atoms with van der Waals surface area (Å²) in [6, 6.07) is 14.0. The van der Waals surface area contributed by atoms with Crippen molar-refractivity contribution >= 4 is 17.8 Å². The van der Waals surface area contributed by atoms with Gasteiger partial charge in [0.1, 0.15) is 5.82 Å². The zero-order chi connectivity index (χ0) is 20.1. The number of hydrogen-bond donors (Lipinski definition) is 2. The number of carboxylic acids is 1. The van der Waals surface area contributed by atoms with Crippen LogP contribution in [-0.2, 0) is 20.9 Å². The van der Waals surface area contributed by atoms with Gasteiger partial charge in [-0.15, -0.1) is 0 Å². The Bertz CT molecular complexity index is 854. The maximum atomic E-state index is 13.1. The smallest absolute Gasteiger partial charge is 0.305 e. The summed E-state index contributed by atoms with van der Waals surface area (Å²) in [4.78, 5) is 37.7. The predicted octanol–water partition coefficient (Wildman–Crippen LogP) is 2.51. The minimum atomic E-state index is -1.08. The minimum absolute atomic E-state index is 0.0852. The lowest BCUT2D eigenvalue weighted by Gasteiger charge is -2.20. The van der Waals surface area contributed by atoms with Crippen LogP contribution in [0.5, 0.6) is 0 Å². The molecule has 0 aromatic heterocycles. The van der Waals surface area contributed by atoms with E-state index in [2.05, 4.69) is 5.32 Å². The van der Waals surface area contributed by atoms with Crippen LogP contribution in [0, 0.1) is 11.7 Å². The number of halogens is 1. The number of hydrogen-bond acceptors (Lipinski definition) is 3. The maximum absolute atomic E-state index is 13.1. The lowest BCUT2D eigenvalue weighted by atomic mass is 10.0. The predicted molar refractivity (Wildman–Crippen MR) is 99.5 cm³/mol. The number of likely N-dealkylation sites (tertiary alicyclic amines) is 1. The zero-order valence-corrected chi connectivity index (χ0v) is 15.2. The summed E-state index contributed by atoms with van der Waals surface area (Å²) in [5.41, 5.74) is 1.48. The Labute approximate surface area is 162 Å². The van der Waals surface area contributed by atoms with Crippen LogP contribution in [0.2, 0.25) is 0 Å². The summed E-state index contributed by atoms with van der Waals surface area (Å²) in [6.45, 7) is 0.711. The second kappa shape index (κ2) is 8.65. The molecule has 0 unspecified atom stereocenters. The van der Waals surface area contributed by atoms with E-state index in [0.29, 0.717) is 12.1 Å². The van der Waals surface area contributed by atoms with Gasteiger partial charge in [-0.2, -0.15) is 0 Å². The summed E-state index contributed by atoms with van der Waals surface area (Å²) in [5.74, 6) is -2.56. The van der Waals surface area contributed by atoms with Gasteiger partial charge < -0.3 is 15.3 Å². The van der Waals surface area contributed by atoms with E-state index in [4.69, 9.17) is 5.11 Å². The molecule has 0 spiro atoms. The minimum Gasteiger partial charge on any atom is -0.481 e. The molecule has 0 radical (unpaired) electrons. The van der Waals surface area contributed by atoms with Crippen molar-refractivity contribution in [2.24, 2.45) is 5.92 Å². The molecule has 2 aromatic carbocycles. The van der Waals surface area contributed by atoms with Crippen molar-refractivity contribution in [3.8, 4) is 0 Å². The largest absolute Gasteiger partial charge is 0.481 e. The standard InChI is InChI=1S/C21H21FN2O4/c22-17-8-6-15(7-9-17)18(11-20(26)27)23-21(28)16-10-19(25)24(13-16)12-14-4-2-1-3-5-14/h1-9,16,18H,10-13H2,(H,23,28)(H,26,27)/t16-,18+/m0/s1. The van der Waals surface area contributed by atoms with E-state index in [1.54, 1.807) is 4.90 Å². The normalized spacial score (nSPS) is 17.4. The van der Waals surface area contributed by atoms with Gasteiger partial charge in [0.25, 0.3) is 0 Å². The number of carbonyl (C=O) groups is 3. The molecule has 2 amide bonds. The van der Waals surface area contributed by atoms with Crippen molar-refractivity contribution in [2.75, 3.05) is 6.54 Å². The Morgan fingerprint density at radius 2 is 1.82 bits per heavy atom. The lowest BCUT2D eigenvalue weighted by Crippen LogP contribution is -2.36. The Kier molecular flexibility index (Phi) is 6.03. The van der Waals surface area contributed by atoms with Crippen LogP contribution < -0.4 is 5.32 Å². The molecule has 1 aliphatic rings. The second-order valence-corrected chi connectivity index (χ2v) is 6.87. The van der Waals surface area contributed by atoms with Crippen LogP contribution in [0.4, 0.5) is 4.39 Å². The molecule has 0 saturated carbocycles. The van der Waals surface area contributed by atoms with Crippen molar-refractivity contribution < 1.29 is 23.9 Å². The third-order valence-electron chi connectivity index (χ3n) is 4.77. The highest BCUT2D eigenvalue weighted by Gasteiger charge is 2.35. The first kappa shape index (κ1) is 19.5. The molecular formula is C21H21FN2O4. The fourth-order valence-corrected chi connectivity index (χ4v) is 3.32. The number of rotatable bonds is 7. The van der Waals surface area contributed by atoms with Gasteiger partial charge in [0.2, 0.25) is 11.8 Å². The topological polar surface area (TPSA) is 86.7 Å². The van der Waals surface area contributed by atoms with E-state index in [1.165, 1.54) is 24.3 Å². The van der Waals surface area contributed by atoms with E-state index in [1.807, 2.05) is 30.3 Å². The third kappa shape index (κ3) is 4.94. The van der Waals surface area contributed by atoms with E-state index in [9.17, 15) is 18.8 Å². The second-order valence-electron chi connectivity index (χ2n) is 6.87. The van der Waals surface area contributed by atoms with Gasteiger partial charge in [-0.3, -0.25) is 14.4 Å². The highest BCUT2D eigenvalue weighted by atomic mass is 19.1. The number of nitrogens with zero attached hydrogens (tertiary/aromatic N) is 1. The molecule has 0 bridgehead atoms. The van der Waals surface area contributed by atoms with Gasteiger partial charge in [-0.05, 0) is 23.3 Å². The summed E-state index contributed by atoms with van der Waals surface area (Å²) in [6.07, 6.45) is -0.242. The summed E-state index contributed by atoms with van der Waals surface area (Å²) in [5, 5.41) is 11.8.